The molecule has 0 unspecified atom stereocenters. The van der Waals surface area contributed by atoms with Crippen molar-refractivity contribution in [1.82, 2.24) is 9.97 Å². The minimum absolute atomic E-state index is 0.111. The van der Waals surface area contributed by atoms with Crippen LogP contribution in [0, 0.1) is 0 Å². The lowest BCUT2D eigenvalue weighted by Crippen LogP contribution is -2.19. The van der Waals surface area contributed by atoms with Crippen LogP contribution in [0.5, 0.6) is 0 Å². The van der Waals surface area contributed by atoms with Crippen molar-refractivity contribution < 1.29 is 19.4 Å². The molecule has 0 atom stereocenters. The van der Waals surface area contributed by atoms with Gasteiger partial charge in [-0.2, -0.15) is 0 Å². The third kappa shape index (κ3) is 4.60. The Morgan fingerprint density at radius 1 is 1.19 bits per heavy atom. The number of fused-ring (bicyclic) bond motifs is 3. The molecule has 0 aliphatic carbocycles. The first-order chi connectivity index (χ1) is 12.5. The van der Waals surface area contributed by atoms with E-state index in [4.69, 9.17) is 4.74 Å². The predicted molar refractivity (Wildman–Crippen MR) is 97.4 cm³/mol. The number of carbonyl (C=O) groups excluding carboxylic acids is 2. The third-order valence-electron chi connectivity index (χ3n) is 3.54. The van der Waals surface area contributed by atoms with Crippen LogP contribution in [0.1, 0.15) is 25.8 Å². The van der Waals surface area contributed by atoms with Crippen molar-refractivity contribution in [2.45, 2.75) is 20.3 Å². The van der Waals surface area contributed by atoms with Gasteiger partial charge in [0.05, 0.1) is 6.61 Å². The summed E-state index contributed by atoms with van der Waals surface area (Å²) in [7, 11) is 0. The van der Waals surface area contributed by atoms with E-state index in [1.54, 1.807) is 19.2 Å². The van der Waals surface area contributed by atoms with E-state index < -0.39 is 5.97 Å². The number of carbonyl (C=O) groups is 2. The summed E-state index contributed by atoms with van der Waals surface area (Å²) in [6, 6.07) is 7.46. The number of benzene rings is 1. The molecule has 2 N–H and O–H groups in total. The van der Waals surface area contributed by atoms with Crippen molar-refractivity contribution in [1.29, 1.82) is 0 Å². The highest BCUT2D eigenvalue weighted by atomic mass is 16.5. The van der Waals surface area contributed by atoms with Crippen LogP contribution in [0.25, 0.3) is 27.9 Å². The van der Waals surface area contributed by atoms with E-state index in [9.17, 15) is 19.5 Å². The molecule has 2 heterocycles. The number of aromatic nitrogens is 2. The monoisotopic (exact) mass is 355 g/mol. The molecule has 0 radical (unpaired) electrons. The van der Waals surface area contributed by atoms with Gasteiger partial charge in [-0.3, -0.25) is 4.79 Å². The second kappa shape index (κ2) is 8.66. The van der Waals surface area contributed by atoms with Crippen LogP contribution in [0.15, 0.2) is 41.3 Å². The van der Waals surface area contributed by atoms with E-state index in [-0.39, 0.29) is 17.9 Å². The molecule has 3 aromatic rings. The molecular formula is C19H19N2O5-. The van der Waals surface area contributed by atoms with Crippen molar-refractivity contribution in [2.24, 2.45) is 0 Å². The average molecular weight is 355 g/mol. The van der Waals surface area contributed by atoms with E-state index in [1.807, 2.05) is 24.3 Å². The van der Waals surface area contributed by atoms with E-state index in [1.165, 1.54) is 13.0 Å². The Morgan fingerprint density at radius 2 is 1.92 bits per heavy atom. The van der Waals surface area contributed by atoms with Gasteiger partial charge in [-0.1, -0.05) is 13.0 Å². The zero-order valence-electron chi connectivity index (χ0n) is 14.5. The van der Waals surface area contributed by atoms with Gasteiger partial charge in [0.25, 0.3) is 5.56 Å². The van der Waals surface area contributed by atoms with Gasteiger partial charge in [0.15, 0.2) is 0 Å². The summed E-state index contributed by atoms with van der Waals surface area (Å²) in [6.07, 6.45) is 4.94. The highest BCUT2D eigenvalue weighted by Gasteiger charge is 2.06. The number of hydrogen-bond donors (Lipinski definition) is 2. The van der Waals surface area contributed by atoms with Gasteiger partial charge in [-0.05, 0) is 43.2 Å². The number of H-pyrrole nitrogens is 2. The van der Waals surface area contributed by atoms with E-state index in [2.05, 4.69) is 9.97 Å². The quantitative estimate of drug-likeness (QED) is 0.546. The second-order valence-electron chi connectivity index (χ2n) is 5.34. The lowest BCUT2D eigenvalue weighted by molar-refractivity contribution is -0.305. The Bertz CT molecular complexity index is 1010. The largest absolute Gasteiger partial charge is 0.550 e. The van der Waals surface area contributed by atoms with Crippen LogP contribution < -0.4 is 10.7 Å². The molecule has 0 bridgehead atoms. The molecule has 0 amide bonds. The normalized spacial score (nSPS) is 10.7. The van der Waals surface area contributed by atoms with Crippen molar-refractivity contribution in [3.8, 4) is 0 Å². The zero-order valence-corrected chi connectivity index (χ0v) is 14.5. The molecule has 7 nitrogen and oxygen atoms in total. The maximum Gasteiger partial charge on any atom is 0.330 e. The number of aliphatic carboxylic acids is 1. The van der Waals surface area contributed by atoms with E-state index >= 15 is 0 Å². The van der Waals surface area contributed by atoms with Crippen molar-refractivity contribution >= 4 is 39.8 Å². The molecule has 0 spiro atoms. The topological polar surface area (TPSA) is 115 Å². The molecule has 0 saturated carbocycles. The Labute approximate surface area is 149 Å². The fourth-order valence-electron chi connectivity index (χ4n) is 2.32. The zero-order chi connectivity index (χ0) is 19.1. The number of nitrogens with one attached hydrogen (secondary N) is 2. The Hall–Kier alpha value is -3.35. The first kappa shape index (κ1) is 19.0. The second-order valence-corrected chi connectivity index (χ2v) is 5.34. The number of aromatic amines is 2. The Kier molecular flexibility index (Phi) is 6.32. The summed E-state index contributed by atoms with van der Waals surface area (Å²) in [5, 5.41) is 11.0. The maximum atomic E-state index is 11.9. The molecular weight excluding hydrogens is 336 g/mol. The van der Waals surface area contributed by atoms with Gasteiger partial charge in [0, 0.05) is 34.5 Å². The van der Waals surface area contributed by atoms with Crippen LogP contribution in [0.2, 0.25) is 0 Å². The lowest BCUT2D eigenvalue weighted by Gasteiger charge is -2.02. The minimum atomic E-state index is -0.995. The highest BCUT2D eigenvalue weighted by Crippen LogP contribution is 2.22. The van der Waals surface area contributed by atoms with Crippen LogP contribution >= 0.6 is 0 Å². The molecule has 0 fully saturated rings. The molecule has 3 rings (SSSR count). The number of esters is 1. The average Bonchev–Trinajstić information content (AvgIpc) is 3.12. The number of hydrogen-bond acceptors (Lipinski definition) is 5. The molecule has 1 aromatic carbocycles. The summed E-state index contributed by atoms with van der Waals surface area (Å²) in [4.78, 5) is 38.2. The number of rotatable bonds is 4. The van der Waals surface area contributed by atoms with Gasteiger partial charge >= 0.3 is 5.97 Å². The van der Waals surface area contributed by atoms with Gasteiger partial charge in [0.2, 0.25) is 0 Å². The van der Waals surface area contributed by atoms with E-state index in [0.717, 1.165) is 21.9 Å². The highest BCUT2D eigenvalue weighted by molar-refractivity contribution is 6.05. The van der Waals surface area contributed by atoms with Crippen molar-refractivity contribution in [3.63, 3.8) is 0 Å². The minimum Gasteiger partial charge on any atom is -0.550 e. The van der Waals surface area contributed by atoms with Gasteiger partial charge in [0.1, 0.15) is 5.52 Å². The maximum absolute atomic E-state index is 11.9. The predicted octanol–water partition coefficient (Wildman–Crippen LogP) is 1.73. The fourth-order valence-corrected chi connectivity index (χ4v) is 2.32. The number of carboxylic acids is 1. The number of pyridine rings is 1. The summed E-state index contributed by atoms with van der Waals surface area (Å²) >= 11 is 0. The summed E-state index contributed by atoms with van der Waals surface area (Å²) in [6.45, 7) is 3.65. The molecule has 2 aromatic heterocycles. The molecule has 7 heteroatoms. The molecule has 136 valence electrons. The SMILES string of the molecule is CCC(=O)[O-].CCOC(=O)C=Cc1ccc2[nH]c(=O)c3[nH]ccc3c2c1. The lowest BCUT2D eigenvalue weighted by atomic mass is 10.1. The standard InChI is InChI=1S/C16H14N2O3.C3H6O2/c1-2-21-14(19)6-4-10-3-5-13-12(9-10)11-7-8-17-15(11)16(20)18-13;1-2-3(4)5/h3-9,17H,2H2,1H3,(H,18,20);2H2,1H3,(H,4,5)/p-1. The first-order valence-corrected chi connectivity index (χ1v) is 8.14. The van der Waals surface area contributed by atoms with Crippen molar-refractivity contribution in [3.05, 3.63) is 52.5 Å². The third-order valence-corrected chi connectivity index (χ3v) is 3.54. The molecule has 26 heavy (non-hydrogen) atoms. The smallest absolute Gasteiger partial charge is 0.330 e. The summed E-state index contributed by atoms with van der Waals surface area (Å²) in [5.74, 6) is -1.36. The number of carboxylic acid groups (broad SMARTS) is 1. The van der Waals surface area contributed by atoms with Crippen LogP contribution in [0.4, 0.5) is 0 Å². The fraction of sp³-hybridized carbons (Fsp3) is 0.211. The van der Waals surface area contributed by atoms with E-state index in [0.29, 0.717) is 12.1 Å². The first-order valence-electron chi connectivity index (χ1n) is 8.14. The van der Waals surface area contributed by atoms with Crippen molar-refractivity contribution in [2.75, 3.05) is 6.61 Å². The summed E-state index contributed by atoms with van der Waals surface area (Å²) in [5.41, 5.74) is 2.04. The molecule has 0 aliphatic heterocycles. The molecule has 0 aliphatic rings. The van der Waals surface area contributed by atoms with Gasteiger partial charge < -0.3 is 24.6 Å². The Morgan fingerprint density at radius 3 is 2.58 bits per heavy atom. The van der Waals surface area contributed by atoms with Crippen LogP contribution in [0.3, 0.4) is 0 Å². The van der Waals surface area contributed by atoms with Crippen LogP contribution in [-0.4, -0.2) is 28.5 Å². The Balaban J connectivity index is 0.000000431. The molecule has 0 saturated heterocycles. The van der Waals surface area contributed by atoms with Gasteiger partial charge in [-0.25, -0.2) is 4.79 Å². The summed E-state index contributed by atoms with van der Waals surface area (Å²) < 4.78 is 4.85. The van der Waals surface area contributed by atoms with Crippen LogP contribution in [-0.2, 0) is 14.3 Å². The number of ether oxygens (including phenoxy) is 1. The van der Waals surface area contributed by atoms with Gasteiger partial charge in [-0.15, -0.1) is 0 Å².